The molecule has 2 aromatic carbocycles. The number of hydrogen-bond donors (Lipinski definition) is 3. The van der Waals surface area contributed by atoms with Crippen LogP contribution >= 0.6 is 11.6 Å². The second-order valence-corrected chi connectivity index (χ2v) is 8.45. The summed E-state index contributed by atoms with van der Waals surface area (Å²) in [4.78, 5) is 28.7. The van der Waals surface area contributed by atoms with Crippen molar-refractivity contribution < 1.29 is 40.3 Å². The molecule has 0 spiro atoms. The van der Waals surface area contributed by atoms with Crippen molar-refractivity contribution in [3.05, 3.63) is 82.1 Å². The Hall–Kier alpha value is -3.87. The highest BCUT2D eigenvalue weighted by Crippen LogP contribution is 2.53. The SMILES string of the molecule is Cc1cc(C(F)(C(F)(F)F)C(F)(F)F)cc(C)c1NC(=O)Nc1cccc(NC(=O)c2cccnc2Cl)c1. The number of nitrogens with one attached hydrogen (secondary N) is 3. The second-order valence-electron chi connectivity index (χ2n) is 8.09. The first kappa shape index (κ1) is 28.7. The summed E-state index contributed by atoms with van der Waals surface area (Å²) in [5, 5.41) is 7.31. The molecule has 0 saturated heterocycles. The third-order valence-electron chi connectivity index (χ3n) is 5.33. The van der Waals surface area contributed by atoms with Crippen molar-refractivity contribution in [3.63, 3.8) is 0 Å². The lowest BCUT2D eigenvalue weighted by molar-refractivity contribution is -0.348. The van der Waals surface area contributed by atoms with Gasteiger partial charge in [-0.3, -0.25) is 4.79 Å². The van der Waals surface area contributed by atoms with E-state index in [1.54, 1.807) is 0 Å². The number of alkyl halides is 7. The van der Waals surface area contributed by atoms with Gasteiger partial charge < -0.3 is 16.0 Å². The molecular weight excluding hydrogens is 545 g/mol. The van der Waals surface area contributed by atoms with Crippen LogP contribution in [0.4, 0.5) is 52.6 Å². The second kappa shape index (κ2) is 10.5. The Morgan fingerprint density at radius 3 is 1.87 bits per heavy atom. The van der Waals surface area contributed by atoms with Gasteiger partial charge in [-0.2, -0.15) is 26.3 Å². The molecule has 3 amide bonds. The molecule has 0 aliphatic heterocycles. The van der Waals surface area contributed by atoms with Gasteiger partial charge in [-0.25, -0.2) is 14.2 Å². The number of urea groups is 1. The average molecular weight is 563 g/mol. The summed E-state index contributed by atoms with van der Waals surface area (Å²) < 4.78 is 93.2. The van der Waals surface area contributed by atoms with Crippen molar-refractivity contribution in [1.29, 1.82) is 0 Å². The molecule has 3 N–H and O–H groups in total. The van der Waals surface area contributed by atoms with Crippen molar-refractivity contribution in [2.75, 3.05) is 16.0 Å². The van der Waals surface area contributed by atoms with Crippen LogP contribution in [-0.4, -0.2) is 29.3 Å². The van der Waals surface area contributed by atoms with E-state index >= 15 is 0 Å². The molecule has 0 radical (unpaired) electrons. The molecule has 1 aromatic heterocycles. The highest BCUT2D eigenvalue weighted by atomic mass is 35.5. The zero-order valence-corrected chi connectivity index (χ0v) is 20.2. The van der Waals surface area contributed by atoms with Gasteiger partial charge in [-0.15, -0.1) is 0 Å². The Kier molecular flexibility index (Phi) is 7.91. The largest absolute Gasteiger partial charge is 0.435 e. The molecule has 0 bridgehead atoms. The highest BCUT2D eigenvalue weighted by molar-refractivity contribution is 6.33. The van der Waals surface area contributed by atoms with Crippen molar-refractivity contribution in [2.45, 2.75) is 31.9 Å². The molecule has 0 atom stereocenters. The fourth-order valence-electron chi connectivity index (χ4n) is 3.55. The number of aromatic nitrogens is 1. The molecule has 38 heavy (non-hydrogen) atoms. The molecule has 0 aliphatic carbocycles. The van der Waals surface area contributed by atoms with Crippen LogP contribution in [0, 0.1) is 13.8 Å². The Bertz CT molecular complexity index is 1340. The zero-order chi connectivity index (χ0) is 28.5. The summed E-state index contributed by atoms with van der Waals surface area (Å²) in [6, 6.07) is 8.67. The van der Waals surface area contributed by atoms with E-state index in [9.17, 15) is 40.3 Å². The third kappa shape index (κ3) is 5.82. The minimum Gasteiger partial charge on any atom is -0.322 e. The normalized spacial score (nSPS) is 12.2. The van der Waals surface area contributed by atoms with Crippen LogP contribution in [0.25, 0.3) is 0 Å². The fourth-order valence-corrected chi connectivity index (χ4v) is 3.76. The van der Waals surface area contributed by atoms with Gasteiger partial charge in [0.1, 0.15) is 5.15 Å². The van der Waals surface area contributed by atoms with Gasteiger partial charge in [0, 0.05) is 28.8 Å². The van der Waals surface area contributed by atoms with E-state index in [-0.39, 0.29) is 38.9 Å². The van der Waals surface area contributed by atoms with Crippen molar-refractivity contribution in [2.24, 2.45) is 0 Å². The summed E-state index contributed by atoms with van der Waals surface area (Å²) in [5.41, 5.74) is -7.29. The monoisotopic (exact) mass is 562 g/mol. The predicted molar refractivity (Wildman–Crippen MR) is 127 cm³/mol. The van der Waals surface area contributed by atoms with Crippen molar-refractivity contribution >= 4 is 40.6 Å². The molecule has 3 aromatic rings. The fraction of sp³-hybridized carbons (Fsp3) is 0.208. The number of carbonyl (C=O) groups excluding carboxylic acids is 2. The van der Waals surface area contributed by atoms with Crippen molar-refractivity contribution in [1.82, 2.24) is 4.98 Å². The maximum absolute atomic E-state index is 14.4. The molecular formula is C24H18ClF7N4O2. The van der Waals surface area contributed by atoms with Gasteiger partial charge in [0.05, 0.1) is 5.56 Å². The van der Waals surface area contributed by atoms with Crippen LogP contribution in [0.15, 0.2) is 54.7 Å². The van der Waals surface area contributed by atoms with Gasteiger partial charge in [-0.05, 0) is 55.3 Å². The predicted octanol–water partition coefficient (Wildman–Crippen LogP) is 7.54. The summed E-state index contributed by atoms with van der Waals surface area (Å²) in [7, 11) is 0. The lowest BCUT2D eigenvalue weighted by Crippen LogP contribution is -2.50. The van der Waals surface area contributed by atoms with Gasteiger partial charge >= 0.3 is 24.1 Å². The molecule has 0 fully saturated rings. The van der Waals surface area contributed by atoms with E-state index in [4.69, 9.17) is 11.6 Å². The quantitative estimate of drug-likeness (QED) is 0.222. The molecule has 14 heteroatoms. The molecule has 0 aliphatic rings. The number of benzene rings is 2. The van der Waals surface area contributed by atoms with E-state index < -0.39 is 35.5 Å². The maximum Gasteiger partial charge on any atom is 0.435 e. The number of aryl methyl sites for hydroxylation is 2. The van der Waals surface area contributed by atoms with E-state index in [0.717, 1.165) is 13.8 Å². The minimum absolute atomic E-state index is 0.0223. The van der Waals surface area contributed by atoms with Gasteiger partial charge in [0.15, 0.2) is 0 Å². The number of rotatable bonds is 5. The Labute approximate surface area is 216 Å². The number of anilines is 3. The van der Waals surface area contributed by atoms with Crippen LogP contribution in [-0.2, 0) is 5.67 Å². The minimum atomic E-state index is -6.26. The molecule has 0 saturated carbocycles. The van der Waals surface area contributed by atoms with E-state index in [1.807, 2.05) is 0 Å². The standard InChI is InChI=1S/C24H18ClF7N4O2/c1-12-9-14(22(26,23(27,28)29)24(30,31)32)10-13(2)18(12)36-21(38)35-16-6-3-5-15(11-16)34-20(37)17-7-4-8-33-19(17)25/h3-11H,1-2H3,(H,34,37)(H2,35,36,38). The van der Waals surface area contributed by atoms with Crippen LogP contribution in [0.2, 0.25) is 5.15 Å². The summed E-state index contributed by atoms with van der Waals surface area (Å²) in [5.74, 6) is -0.572. The van der Waals surface area contributed by atoms with Crippen LogP contribution in [0.1, 0.15) is 27.0 Å². The summed E-state index contributed by atoms with van der Waals surface area (Å²) in [6.07, 6.45) is -11.1. The molecule has 202 valence electrons. The molecule has 6 nitrogen and oxygen atoms in total. The van der Waals surface area contributed by atoms with E-state index in [0.29, 0.717) is 12.1 Å². The van der Waals surface area contributed by atoms with Gasteiger partial charge in [0.2, 0.25) is 0 Å². The van der Waals surface area contributed by atoms with Gasteiger partial charge in [0.25, 0.3) is 5.91 Å². The van der Waals surface area contributed by atoms with Crippen LogP contribution in [0.3, 0.4) is 0 Å². The van der Waals surface area contributed by atoms with Gasteiger partial charge in [-0.1, -0.05) is 29.8 Å². The summed E-state index contributed by atoms with van der Waals surface area (Å²) >= 11 is 5.90. The first-order chi connectivity index (χ1) is 17.5. The third-order valence-corrected chi connectivity index (χ3v) is 5.63. The molecule has 3 rings (SSSR count). The Balaban J connectivity index is 1.78. The van der Waals surface area contributed by atoms with Crippen LogP contribution in [0.5, 0.6) is 0 Å². The maximum atomic E-state index is 14.4. The van der Waals surface area contributed by atoms with Crippen LogP contribution < -0.4 is 16.0 Å². The first-order valence-corrected chi connectivity index (χ1v) is 11.0. The average Bonchev–Trinajstić information content (AvgIpc) is 2.79. The Morgan fingerprint density at radius 1 is 0.789 bits per heavy atom. The topological polar surface area (TPSA) is 83.1 Å². The lowest BCUT2D eigenvalue weighted by atomic mass is 9.90. The van der Waals surface area contributed by atoms with E-state index in [2.05, 4.69) is 20.9 Å². The molecule has 1 heterocycles. The summed E-state index contributed by atoms with van der Waals surface area (Å²) in [6.45, 7) is 2.25. The Morgan fingerprint density at radius 2 is 1.34 bits per heavy atom. The number of nitrogens with zero attached hydrogens (tertiary/aromatic N) is 1. The molecule has 0 unspecified atom stereocenters. The van der Waals surface area contributed by atoms with Crippen molar-refractivity contribution in [3.8, 4) is 0 Å². The smallest absolute Gasteiger partial charge is 0.322 e. The number of pyridine rings is 1. The number of carbonyl (C=O) groups is 2. The zero-order valence-electron chi connectivity index (χ0n) is 19.5. The highest BCUT2D eigenvalue weighted by Gasteiger charge is 2.73. The number of hydrogen-bond acceptors (Lipinski definition) is 3. The number of halogens is 8. The first-order valence-electron chi connectivity index (χ1n) is 10.6. The lowest BCUT2D eigenvalue weighted by Gasteiger charge is -2.31. The number of amides is 3. The van der Waals surface area contributed by atoms with E-state index in [1.165, 1.54) is 42.6 Å².